The number of benzene rings is 1. The van der Waals surface area contributed by atoms with Gasteiger partial charge < -0.3 is 14.9 Å². The molecule has 0 saturated heterocycles. The smallest absolute Gasteiger partial charge is 0.335 e. The lowest BCUT2D eigenvalue weighted by atomic mass is 10.1. The van der Waals surface area contributed by atoms with Crippen molar-refractivity contribution >= 4 is 22.7 Å². The maximum absolute atomic E-state index is 10.9. The van der Waals surface area contributed by atoms with Crippen LogP contribution in [0.3, 0.4) is 0 Å². The molecule has 0 aliphatic heterocycles. The fraction of sp³-hybridized carbons (Fsp3) is 0.333. The van der Waals surface area contributed by atoms with E-state index in [2.05, 4.69) is 14.8 Å². The third kappa shape index (κ3) is 3.24. The Bertz CT molecular complexity index is 626. The van der Waals surface area contributed by atoms with E-state index in [0.29, 0.717) is 0 Å². The zero-order chi connectivity index (χ0) is 14.7. The lowest BCUT2D eigenvalue weighted by Gasteiger charge is -2.20. The number of hydrogen-bond acceptors (Lipinski definition) is 4. The summed E-state index contributed by atoms with van der Waals surface area (Å²) in [7, 11) is 6.08. The van der Waals surface area contributed by atoms with Crippen LogP contribution in [-0.4, -0.2) is 55.2 Å². The molecule has 2 aromatic rings. The van der Waals surface area contributed by atoms with Gasteiger partial charge in [0.1, 0.15) is 5.82 Å². The Hall–Kier alpha value is -2.14. The van der Waals surface area contributed by atoms with Gasteiger partial charge in [0, 0.05) is 25.5 Å². The Balaban J connectivity index is 2.25. The molecule has 0 fully saturated rings. The number of rotatable bonds is 5. The van der Waals surface area contributed by atoms with Crippen molar-refractivity contribution in [2.45, 2.75) is 0 Å². The summed E-state index contributed by atoms with van der Waals surface area (Å²) in [6.07, 6.45) is 0. The quantitative estimate of drug-likeness (QED) is 0.902. The fourth-order valence-corrected chi connectivity index (χ4v) is 1.92. The van der Waals surface area contributed by atoms with Gasteiger partial charge in [-0.15, -0.1) is 0 Å². The number of aromatic carboxylic acids is 1. The third-order valence-corrected chi connectivity index (χ3v) is 3.20. The maximum Gasteiger partial charge on any atom is 0.335 e. The SMILES string of the molecule is CN(C)CCN(C)c1ccc2cc(C(=O)O)ccc2n1. The number of aromatic nitrogens is 1. The second-order valence-electron chi connectivity index (χ2n) is 5.11. The number of carboxylic acids is 1. The van der Waals surface area contributed by atoms with Gasteiger partial charge in [0.05, 0.1) is 11.1 Å². The molecule has 1 N–H and O–H groups in total. The number of likely N-dealkylation sites (N-methyl/N-ethyl adjacent to an activating group) is 2. The summed E-state index contributed by atoms with van der Waals surface area (Å²) < 4.78 is 0. The van der Waals surface area contributed by atoms with Crippen molar-refractivity contribution in [3.05, 3.63) is 35.9 Å². The van der Waals surface area contributed by atoms with Crippen molar-refractivity contribution in [3.8, 4) is 0 Å². The average Bonchev–Trinajstić information content (AvgIpc) is 2.43. The summed E-state index contributed by atoms with van der Waals surface area (Å²) in [5.41, 5.74) is 1.09. The molecule has 0 unspecified atom stereocenters. The zero-order valence-corrected chi connectivity index (χ0v) is 12.0. The number of hydrogen-bond donors (Lipinski definition) is 1. The van der Waals surface area contributed by atoms with Gasteiger partial charge in [-0.3, -0.25) is 0 Å². The van der Waals surface area contributed by atoms with Gasteiger partial charge in [-0.1, -0.05) is 0 Å². The van der Waals surface area contributed by atoms with E-state index >= 15 is 0 Å². The van der Waals surface area contributed by atoms with E-state index in [1.54, 1.807) is 18.2 Å². The first kappa shape index (κ1) is 14.3. The van der Waals surface area contributed by atoms with Crippen LogP contribution in [-0.2, 0) is 0 Å². The van der Waals surface area contributed by atoms with Crippen LogP contribution in [0.25, 0.3) is 10.9 Å². The Labute approximate surface area is 118 Å². The molecule has 0 atom stereocenters. The van der Waals surface area contributed by atoms with Crippen molar-refractivity contribution in [2.24, 2.45) is 0 Å². The monoisotopic (exact) mass is 273 g/mol. The van der Waals surface area contributed by atoms with Gasteiger partial charge in [-0.25, -0.2) is 9.78 Å². The van der Waals surface area contributed by atoms with Crippen LogP contribution in [0.1, 0.15) is 10.4 Å². The van der Waals surface area contributed by atoms with Gasteiger partial charge in [0.15, 0.2) is 0 Å². The molecule has 20 heavy (non-hydrogen) atoms. The van der Waals surface area contributed by atoms with Crippen molar-refractivity contribution < 1.29 is 9.90 Å². The molecule has 5 heteroatoms. The van der Waals surface area contributed by atoms with E-state index in [1.165, 1.54) is 0 Å². The second-order valence-corrected chi connectivity index (χ2v) is 5.11. The van der Waals surface area contributed by atoms with E-state index in [0.717, 1.165) is 29.8 Å². The highest BCUT2D eigenvalue weighted by Gasteiger charge is 2.07. The summed E-state index contributed by atoms with van der Waals surface area (Å²) in [4.78, 5) is 19.7. The first-order valence-corrected chi connectivity index (χ1v) is 6.47. The van der Waals surface area contributed by atoms with Crippen LogP contribution in [0.15, 0.2) is 30.3 Å². The number of anilines is 1. The highest BCUT2D eigenvalue weighted by atomic mass is 16.4. The molecule has 1 aromatic carbocycles. The van der Waals surface area contributed by atoms with E-state index in [4.69, 9.17) is 5.11 Å². The Kier molecular flexibility index (Phi) is 4.20. The van der Waals surface area contributed by atoms with Gasteiger partial charge >= 0.3 is 5.97 Å². The first-order chi connectivity index (χ1) is 9.47. The summed E-state index contributed by atoms with van der Waals surface area (Å²) in [5.74, 6) is -0.0264. The molecule has 1 aromatic heterocycles. The Morgan fingerprint density at radius 2 is 1.90 bits per heavy atom. The predicted octanol–water partition coefficient (Wildman–Crippen LogP) is 1.93. The van der Waals surface area contributed by atoms with Crippen LogP contribution in [0.5, 0.6) is 0 Å². The topological polar surface area (TPSA) is 56.7 Å². The molecular weight excluding hydrogens is 254 g/mol. The fourth-order valence-electron chi connectivity index (χ4n) is 1.92. The lowest BCUT2D eigenvalue weighted by Crippen LogP contribution is -2.28. The summed E-state index contributed by atoms with van der Waals surface area (Å²) in [6.45, 7) is 1.84. The molecule has 0 aliphatic rings. The van der Waals surface area contributed by atoms with E-state index in [1.807, 2.05) is 33.3 Å². The molecule has 0 radical (unpaired) electrons. The number of carbonyl (C=O) groups is 1. The molecule has 0 saturated carbocycles. The van der Waals surface area contributed by atoms with Crippen LogP contribution in [0.4, 0.5) is 5.82 Å². The maximum atomic E-state index is 10.9. The number of nitrogens with zero attached hydrogens (tertiary/aromatic N) is 3. The highest BCUT2D eigenvalue weighted by Crippen LogP contribution is 2.18. The molecule has 0 aliphatic carbocycles. The molecule has 5 nitrogen and oxygen atoms in total. The summed E-state index contributed by atoms with van der Waals surface area (Å²) in [6, 6.07) is 8.82. The van der Waals surface area contributed by atoms with E-state index in [-0.39, 0.29) is 5.56 Å². The van der Waals surface area contributed by atoms with Crippen LogP contribution >= 0.6 is 0 Å². The minimum atomic E-state index is -0.918. The Morgan fingerprint density at radius 1 is 1.15 bits per heavy atom. The van der Waals surface area contributed by atoms with Gasteiger partial charge in [-0.05, 0) is 44.4 Å². The normalized spacial score (nSPS) is 11.0. The zero-order valence-electron chi connectivity index (χ0n) is 12.0. The number of pyridine rings is 1. The van der Waals surface area contributed by atoms with E-state index < -0.39 is 5.97 Å². The van der Waals surface area contributed by atoms with Crippen LogP contribution in [0, 0.1) is 0 Å². The summed E-state index contributed by atoms with van der Waals surface area (Å²) in [5, 5.41) is 9.82. The Morgan fingerprint density at radius 3 is 2.55 bits per heavy atom. The molecule has 106 valence electrons. The van der Waals surface area contributed by atoms with E-state index in [9.17, 15) is 4.79 Å². The van der Waals surface area contributed by atoms with Crippen molar-refractivity contribution in [1.29, 1.82) is 0 Å². The first-order valence-electron chi connectivity index (χ1n) is 6.47. The van der Waals surface area contributed by atoms with Crippen molar-refractivity contribution in [2.75, 3.05) is 39.1 Å². The number of carboxylic acid groups (broad SMARTS) is 1. The van der Waals surface area contributed by atoms with Crippen molar-refractivity contribution in [3.63, 3.8) is 0 Å². The summed E-state index contributed by atoms with van der Waals surface area (Å²) >= 11 is 0. The minimum absolute atomic E-state index is 0.285. The van der Waals surface area contributed by atoms with Crippen molar-refractivity contribution in [1.82, 2.24) is 9.88 Å². The van der Waals surface area contributed by atoms with Gasteiger partial charge in [0.25, 0.3) is 0 Å². The minimum Gasteiger partial charge on any atom is -0.478 e. The molecule has 0 bridgehead atoms. The molecular formula is C15H19N3O2. The molecule has 0 amide bonds. The number of fused-ring (bicyclic) bond motifs is 1. The largest absolute Gasteiger partial charge is 0.478 e. The second kappa shape index (κ2) is 5.88. The predicted molar refractivity (Wildman–Crippen MR) is 80.5 cm³/mol. The van der Waals surface area contributed by atoms with Gasteiger partial charge in [0.2, 0.25) is 0 Å². The van der Waals surface area contributed by atoms with Crippen LogP contribution < -0.4 is 4.90 Å². The average molecular weight is 273 g/mol. The molecule has 2 rings (SSSR count). The third-order valence-electron chi connectivity index (χ3n) is 3.20. The standard InChI is InChI=1S/C15H19N3O2/c1-17(2)8-9-18(3)14-7-5-11-10-12(15(19)20)4-6-13(11)16-14/h4-7,10H,8-9H2,1-3H3,(H,19,20). The van der Waals surface area contributed by atoms with Crippen LogP contribution in [0.2, 0.25) is 0 Å². The lowest BCUT2D eigenvalue weighted by molar-refractivity contribution is 0.0697. The molecule has 0 spiro atoms. The highest BCUT2D eigenvalue weighted by molar-refractivity contribution is 5.93. The van der Waals surface area contributed by atoms with Gasteiger partial charge in [-0.2, -0.15) is 0 Å². The molecule has 1 heterocycles.